The molecule has 2 aromatic rings. The molecular weight excluding hydrogens is 260 g/mol. The Morgan fingerprint density at radius 3 is 2.10 bits per heavy atom. The summed E-state index contributed by atoms with van der Waals surface area (Å²) in [6.07, 6.45) is 1.88. The van der Waals surface area contributed by atoms with Crippen LogP contribution in [0.1, 0.15) is 25.0 Å². The van der Waals surface area contributed by atoms with E-state index in [2.05, 4.69) is 47.8 Å². The predicted octanol–water partition coefficient (Wildman–Crippen LogP) is 3.37. The van der Waals surface area contributed by atoms with Gasteiger partial charge in [0.05, 0.1) is 5.69 Å². The Morgan fingerprint density at radius 2 is 1.57 bits per heavy atom. The van der Waals surface area contributed by atoms with E-state index in [1.54, 1.807) is 0 Å². The Balaban J connectivity index is 2.35. The van der Waals surface area contributed by atoms with Crippen molar-refractivity contribution in [3.8, 4) is 0 Å². The van der Waals surface area contributed by atoms with Crippen molar-refractivity contribution in [1.82, 2.24) is 5.43 Å². The minimum atomic E-state index is 0.539. The van der Waals surface area contributed by atoms with Gasteiger partial charge in [-0.05, 0) is 36.1 Å². The van der Waals surface area contributed by atoms with Gasteiger partial charge in [0, 0.05) is 5.69 Å². The molecule has 0 aromatic heterocycles. The van der Waals surface area contributed by atoms with Crippen molar-refractivity contribution < 1.29 is 0 Å². The lowest BCUT2D eigenvalue weighted by Gasteiger charge is -2.13. The third-order valence-corrected chi connectivity index (χ3v) is 3.36. The van der Waals surface area contributed by atoms with Gasteiger partial charge < -0.3 is 5.32 Å². The number of rotatable bonds is 4. The monoisotopic (exact) mass is 282 g/mol. The minimum absolute atomic E-state index is 0.539. The number of hydrazine groups is 1. The van der Waals surface area contributed by atoms with Crippen LogP contribution in [0.4, 0.5) is 11.4 Å². The Morgan fingerprint density at radius 1 is 0.952 bits per heavy atom. The largest absolute Gasteiger partial charge is 0.325 e. The Kier molecular flexibility index (Phi) is 5.35. The molecule has 2 aromatic carbocycles. The molecular formula is C17H22N4. The van der Waals surface area contributed by atoms with Crippen LogP contribution in [0, 0.1) is 0 Å². The fraction of sp³-hybridized carbons (Fsp3) is 0.235. The average Bonchev–Trinajstić information content (AvgIpc) is 2.55. The van der Waals surface area contributed by atoms with Crippen molar-refractivity contribution >= 4 is 17.3 Å². The molecule has 110 valence electrons. The summed E-state index contributed by atoms with van der Waals surface area (Å²) in [5, 5.41) is 3.19. The fourth-order valence-corrected chi connectivity index (χ4v) is 2.23. The maximum absolute atomic E-state index is 5.61. The molecule has 0 heterocycles. The van der Waals surface area contributed by atoms with E-state index < -0.39 is 0 Å². The lowest BCUT2D eigenvalue weighted by Crippen LogP contribution is -2.36. The zero-order chi connectivity index (χ0) is 15.1. The molecule has 2 rings (SSSR count). The number of guanidine groups is 1. The number of aliphatic imine (C=N–C) groups is 1. The molecule has 21 heavy (non-hydrogen) atoms. The molecule has 4 N–H and O–H groups in total. The molecule has 0 aliphatic heterocycles. The topological polar surface area (TPSA) is 62.4 Å². The number of hydrogen-bond acceptors (Lipinski definition) is 2. The van der Waals surface area contributed by atoms with Gasteiger partial charge in [-0.3, -0.25) is 5.43 Å². The summed E-state index contributed by atoms with van der Waals surface area (Å²) in [6, 6.07) is 16.1. The fourth-order valence-electron chi connectivity index (χ4n) is 2.23. The maximum atomic E-state index is 5.61. The van der Waals surface area contributed by atoms with E-state index in [9.17, 15) is 0 Å². The average molecular weight is 282 g/mol. The molecule has 4 heteroatoms. The smallest absolute Gasteiger partial charge is 0.215 e. The third kappa shape index (κ3) is 3.83. The summed E-state index contributed by atoms with van der Waals surface area (Å²) in [5.74, 6) is 6.15. The van der Waals surface area contributed by atoms with Gasteiger partial charge in [0.1, 0.15) is 0 Å². The summed E-state index contributed by atoms with van der Waals surface area (Å²) >= 11 is 0. The van der Waals surface area contributed by atoms with Gasteiger partial charge in [0.2, 0.25) is 5.96 Å². The maximum Gasteiger partial charge on any atom is 0.215 e. The number of nitrogens with two attached hydrogens (primary N) is 1. The highest BCUT2D eigenvalue weighted by molar-refractivity contribution is 5.95. The predicted molar refractivity (Wildman–Crippen MR) is 89.7 cm³/mol. The van der Waals surface area contributed by atoms with Gasteiger partial charge in [0.25, 0.3) is 0 Å². The first kappa shape index (κ1) is 15.1. The Hall–Kier alpha value is -2.33. The third-order valence-electron chi connectivity index (χ3n) is 3.36. The molecule has 0 aliphatic rings. The second-order valence-corrected chi connectivity index (χ2v) is 4.73. The van der Waals surface area contributed by atoms with Crippen molar-refractivity contribution in [3.05, 3.63) is 59.7 Å². The first-order valence-corrected chi connectivity index (χ1v) is 7.26. The number of para-hydroxylation sites is 2. The summed E-state index contributed by atoms with van der Waals surface area (Å²) in [7, 11) is 0. The molecule has 4 nitrogen and oxygen atoms in total. The molecule has 0 fully saturated rings. The number of aryl methyl sites for hydroxylation is 2. The van der Waals surface area contributed by atoms with Crippen LogP contribution in [0.5, 0.6) is 0 Å². The highest BCUT2D eigenvalue weighted by Crippen LogP contribution is 2.25. The molecule has 0 unspecified atom stereocenters. The molecule has 0 bridgehead atoms. The number of hydrogen-bond donors (Lipinski definition) is 3. The Labute approximate surface area is 126 Å². The number of anilines is 1. The normalized spacial score (nSPS) is 11.3. The second kappa shape index (κ2) is 7.45. The molecule has 0 atom stereocenters. The van der Waals surface area contributed by atoms with Crippen LogP contribution in [0.15, 0.2) is 53.5 Å². The van der Waals surface area contributed by atoms with Crippen molar-refractivity contribution in [2.75, 3.05) is 5.32 Å². The van der Waals surface area contributed by atoms with Crippen LogP contribution in [-0.4, -0.2) is 5.96 Å². The van der Waals surface area contributed by atoms with E-state index in [4.69, 9.17) is 5.84 Å². The van der Waals surface area contributed by atoms with Crippen molar-refractivity contribution in [2.45, 2.75) is 26.7 Å². The SMILES string of the molecule is CCc1cccc(CC)c1N=C(NN)Nc1ccccc1. The van der Waals surface area contributed by atoms with Crippen LogP contribution in [0.3, 0.4) is 0 Å². The number of nitrogens with zero attached hydrogens (tertiary/aromatic N) is 1. The first-order chi connectivity index (χ1) is 10.3. The second-order valence-electron chi connectivity index (χ2n) is 4.73. The number of nitrogens with one attached hydrogen (secondary N) is 2. The summed E-state index contributed by atoms with van der Waals surface area (Å²) in [5.41, 5.74) is 7.02. The van der Waals surface area contributed by atoms with Crippen molar-refractivity contribution in [2.24, 2.45) is 10.8 Å². The summed E-state index contributed by atoms with van der Waals surface area (Å²) < 4.78 is 0. The van der Waals surface area contributed by atoms with Crippen LogP contribution in [0.2, 0.25) is 0 Å². The lowest BCUT2D eigenvalue weighted by atomic mass is 10.0. The lowest BCUT2D eigenvalue weighted by molar-refractivity contribution is 1.01. The van der Waals surface area contributed by atoms with Gasteiger partial charge in [0.15, 0.2) is 0 Å². The van der Waals surface area contributed by atoms with E-state index in [-0.39, 0.29) is 0 Å². The Bertz CT molecular complexity index is 583. The van der Waals surface area contributed by atoms with Gasteiger partial charge in [-0.15, -0.1) is 0 Å². The van der Waals surface area contributed by atoms with Crippen LogP contribution in [0.25, 0.3) is 0 Å². The van der Waals surface area contributed by atoms with E-state index in [1.165, 1.54) is 11.1 Å². The standard InChI is InChI=1S/C17H22N4/c1-3-13-9-8-10-14(4-2)16(13)20-17(21-18)19-15-11-6-5-7-12-15/h5-12H,3-4,18H2,1-2H3,(H2,19,20,21). The van der Waals surface area contributed by atoms with Crippen LogP contribution >= 0.6 is 0 Å². The molecule has 0 spiro atoms. The van der Waals surface area contributed by atoms with Gasteiger partial charge in [-0.25, -0.2) is 10.8 Å². The summed E-state index contributed by atoms with van der Waals surface area (Å²) in [4.78, 5) is 4.68. The first-order valence-electron chi connectivity index (χ1n) is 7.26. The van der Waals surface area contributed by atoms with Crippen LogP contribution in [-0.2, 0) is 12.8 Å². The van der Waals surface area contributed by atoms with Crippen molar-refractivity contribution in [3.63, 3.8) is 0 Å². The summed E-state index contributed by atoms with van der Waals surface area (Å²) in [6.45, 7) is 4.27. The van der Waals surface area contributed by atoms with E-state index in [0.29, 0.717) is 5.96 Å². The van der Waals surface area contributed by atoms with E-state index >= 15 is 0 Å². The van der Waals surface area contributed by atoms with E-state index in [0.717, 1.165) is 24.2 Å². The van der Waals surface area contributed by atoms with Gasteiger partial charge in [-0.1, -0.05) is 50.2 Å². The molecule has 0 aliphatic carbocycles. The molecule has 0 saturated carbocycles. The molecule has 0 saturated heterocycles. The minimum Gasteiger partial charge on any atom is -0.325 e. The molecule has 0 radical (unpaired) electrons. The highest BCUT2D eigenvalue weighted by Gasteiger charge is 2.07. The molecule has 0 amide bonds. The zero-order valence-electron chi connectivity index (χ0n) is 12.6. The van der Waals surface area contributed by atoms with Gasteiger partial charge >= 0.3 is 0 Å². The van der Waals surface area contributed by atoms with Crippen molar-refractivity contribution in [1.29, 1.82) is 0 Å². The highest BCUT2D eigenvalue weighted by atomic mass is 15.3. The van der Waals surface area contributed by atoms with E-state index in [1.807, 2.05) is 30.3 Å². The van der Waals surface area contributed by atoms with Crippen LogP contribution < -0.4 is 16.6 Å². The zero-order valence-corrected chi connectivity index (χ0v) is 12.6. The number of benzene rings is 2. The van der Waals surface area contributed by atoms with Gasteiger partial charge in [-0.2, -0.15) is 0 Å². The quantitative estimate of drug-likeness (QED) is 0.349.